The summed E-state index contributed by atoms with van der Waals surface area (Å²) in [6.07, 6.45) is 0. The van der Waals surface area contributed by atoms with E-state index < -0.39 is 10.0 Å². The number of nitrogens with one attached hydrogen (secondary N) is 1. The van der Waals surface area contributed by atoms with Crippen molar-refractivity contribution in [1.82, 2.24) is 5.32 Å². The number of anilines is 1. The van der Waals surface area contributed by atoms with Gasteiger partial charge in [-0.25, -0.2) is 8.42 Å². The summed E-state index contributed by atoms with van der Waals surface area (Å²) in [4.78, 5) is 12.8. The van der Waals surface area contributed by atoms with Crippen LogP contribution in [0.1, 0.15) is 34.5 Å². The summed E-state index contributed by atoms with van der Waals surface area (Å²) in [7, 11) is -0.580. The topological polar surface area (TPSA) is 75.7 Å². The van der Waals surface area contributed by atoms with Crippen molar-refractivity contribution >= 4 is 21.6 Å². The van der Waals surface area contributed by atoms with E-state index in [1.165, 1.54) is 11.4 Å². The Labute approximate surface area is 183 Å². The number of benzene rings is 3. The van der Waals surface area contributed by atoms with Crippen LogP contribution in [0.5, 0.6) is 5.75 Å². The highest BCUT2D eigenvalue weighted by molar-refractivity contribution is 7.92. The minimum Gasteiger partial charge on any atom is -0.497 e. The van der Waals surface area contributed by atoms with Crippen molar-refractivity contribution in [2.24, 2.45) is 0 Å². The molecule has 162 valence electrons. The molecule has 0 fully saturated rings. The molecule has 0 aromatic heterocycles. The van der Waals surface area contributed by atoms with Gasteiger partial charge in [-0.05, 0) is 67.9 Å². The molecule has 0 heterocycles. The summed E-state index contributed by atoms with van der Waals surface area (Å²) in [6.45, 7) is 3.80. The lowest BCUT2D eigenvalue weighted by Gasteiger charge is -2.20. The maximum absolute atomic E-state index is 12.8. The van der Waals surface area contributed by atoms with Crippen molar-refractivity contribution in [2.45, 2.75) is 24.8 Å². The van der Waals surface area contributed by atoms with Crippen LogP contribution >= 0.6 is 0 Å². The van der Waals surface area contributed by atoms with E-state index in [0.29, 0.717) is 11.3 Å². The van der Waals surface area contributed by atoms with Gasteiger partial charge in [0.05, 0.1) is 23.7 Å². The van der Waals surface area contributed by atoms with E-state index in [1.807, 2.05) is 38.1 Å². The largest absolute Gasteiger partial charge is 0.497 e. The fraction of sp³-hybridized carbons (Fsp3) is 0.208. The molecule has 3 aromatic carbocycles. The van der Waals surface area contributed by atoms with E-state index >= 15 is 0 Å². The average Bonchev–Trinajstić information content (AvgIpc) is 2.79. The fourth-order valence-electron chi connectivity index (χ4n) is 3.09. The minimum absolute atomic E-state index is 0.192. The Bertz CT molecular complexity index is 1140. The molecule has 0 aliphatic carbocycles. The summed E-state index contributed by atoms with van der Waals surface area (Å²) in [5, 5.41) is 2.95. The predicted octanol–water partition coefficient (Wildman–Crippen LogP) is 4.32. The van der Waals surface area contributed by atoms with Gasteiger partial charge in [0, 0.05) is 12.6 Å². The molecule has 0 saturated carbocycles. The molecule has 1 atom stereocenters. The highest BCUT2D eigenvalue weighted by Gasteiger charge is 2.21. The van der Waals surface area contributed by atoms with Crippen molar-refractivity contribution < 1.29 is 17.9 Å². The Morgan fingerprint density at radius 3 is 2.06 bits per heavy atom. The number of sulfonamides is 1. The third-order valence-electron chi connectivity index (χ3n) is 5.14. The number of rotatable bonds is 7. The summed E-state index contributed by atoms with van der Waals surface area (Å²) in [5.41, 5.74) is 2.86. The van der Waals surface area contributed by atoms with Crippen LogP contribution in [0.2, 0.25) is 0 Å². The second-order valence-corrected chi connectivity index (χ2v) is 9.27. The second kappa shape index (κ2) is 9.22. The van der Waals surface area contributed by atoms with Gasteiger partial charge in [-0.3, -0.25) is 9.10 Å². The molecular weight excluding hydrogens is 412 g/mol. The van der Waals surface area contributed by atoms with Crippen molar-refractivity contribution in [2.75, 3.05) is 18.5 Å². The van der Waals surface area contributed by atoms with Gasteiger partial charge in [0.1, 0.15) is 5.75 Å². The number of amides is 1. The van der Waals surface area contributed by atoms with Gasteiger partial charge >= 0.3 is 0 Å². The zero-order chi connectivity index (χ0) is 22.6. The summed E-state index contributed by atoms with van der Waals surface area (Å²) in [5.74, 6) is 0.515. The van der Waals surface area contributed by atoms with Crippen molar-refractivity contribution in [3.8, 4) is 5.75 Å². The van der Waals surface area contributed by atoms with Crippen LogP contribution in [-0.2, 0) is 10.0 Å². The Hall–Kier alpha value is -3.32. The second-order valence-electron chi connectivity index (χ2n) is 7.30. The van der Waals surface area contributed by atoms with E-state index in [0.717, 1.165) is 16.9 Å². The lowest BCUT2D eigenvalue weighted by Crippen LogP contribution is -2.28. The molecule has 31 heavy (non-hydrogen) atoms. The number of nitrogens with zero attached hydrogens (tertiary/aromatic N) is 1. The van der Waals surface area contributed by atoms with Crippen molar-refractivity contribution in [3.63, 3.8) is 0 Å². The highest BCUT2D eigenvalue weighted by atomic mass is 32.2. The number of carbonyl (C=O) groups is 1. The van der Waals surface area contributed by atoms with E-state index in [4.69, 9.17) is 4.74 Å². The molecule has 3 rings (SSSR count). The first-order valence-electron chi connectivity index (χ1n) is 9.83. The first kappa shape index (κ1) is 22.4. The first-order valence-corrected chi connectivity index (χ1v) is 11.3. The zero-order valence-corrected chi connectivity index (χ0v) is 18.8. The lowest BCUT2D eigenvalue weighted by atomic mass is 10.1. The molecule has 0 aliphatic heterocycles. The standard InChI is InChI=1S/C24H26N2O4S/c1-17-5-15-23(16-6-17)31(28,29)26(3)21-11-7-20(8-12-21)24(27)25-18(2)19-9-13-22(30-4)14-10-19/h5-16,18H,1-4H3,(H,25,27)/t18-/m1/s1. The van der Waals surface area contributed by atoms with Crippen LogP contribution in [0, 0.1) is 6.92 Å². The fourth-order valence-corrected chi connectivity index (χ4v) is 4.28. The van der Waals surface area contributed by atoms with E-state index in [9.17, 15) is 13.2 Å². The Morgan fingerprint density at radius 2 is 1.52 bits per heavy atom. The molecule has 0 spiro atoms. The maximum Gasteiger partial charge on any atom is 0.264 e. The highest BCUT2D eigenvalue weighted by Crippen LogP contribution is 2.23. The summed E-state index contributed by atoms with van der Waals surface area (Å²) >= 11 is 0. The van der Waals surface area contributed by atoms with E-state index in [2.05, 4.69) is 5.32 Å². The number of hydrogen-bond donors (Lipinski definition) is 1. The van der Waals surface area contributed by atoms with Crippen molar-refractivity contribution in [3.05, 3.63) is 89.5 Å². The molecule has 6 nitrogen and oxygen atoms in total. The predicted molar refractivity (Wildman–Crippen MR) is 122 cm³/mol. The number of hydrogen-bond acceptors (Lipinski definition) is 4. The smallest absolute Gasteiger partial charge is 0.264 e. The van der Waals surface area contributed by atoms with Crippen molar-refractivity contribution in [1.29, 1.82) is 0 Å². The summed E-state index contributed by atoms with van der Waals surface area (Å²) in [6, 6.07) is 20.5. The molecule has 0 bridgehead atoms. The van der Waals surface area contributed by atoms with Crippen LogP contribution in [0.3, 0.4) is 0 Å². The van der Waals surface area contributed by atoms with Gasteiger partial charge < -0.3 is 10.1 Å². The first-order chi connectivity index (χ1) is 14.7. The molecule has 0 aliphatic rings. The number of aryl methyl sites for hydroxylation is 1. The zero-order valence-electron chi connectivity index (χ0n) is 18.0. The SMILES string of the molecule is COc1ccc([C@@H](C)NC(=O)c2ccc(N(C)S(=O)(=O)c3ccc(C)cc3)cc2)cc1. The molecule has 0 unspecified atom stereocenters. The van der Waals surface area contributed by atoms with Crippen LogP contribution in [0.4, 0.5) is 5.69 Å². The maximum atomic E-state index is 12.8. The Balaban J connectivity index is 1.71. The van der Waals surface area contributed by atoms with Gasteiger partial charge in [-0.15, -0.1) is 0 Å². The number of carbonyl (C=O) groups excluding carboxylic acids is 1. The minimum atomic E-state index is -3.68. The lowest BCUT2D eigenvalue weighted by molar-refractivity contribution is 0.0940. The quantitative estimate of drug-likeness (QED) is 0.596. The van der Waals surface area contributed by atoms with Crippen LogP contribution in [0.15, 0.2) is 77.7 Å². The number of ether oxygens (including phenoxy) is 1. The molecule has 0 radical (unpaired) electrons. The average molecular weight is 439 g/mol. The normalized spacial score (nSPS) is 12.1. The number of methoxy groups -OCH3 is 1. The van der Waals surface area contributed by atoms with E-state index in [1.54, 1.807) is 55.6 Å². The molecule has 1 N–H and O–H groups in total. The van der Waals surface area contributed by atoms with Gasteiger partial charge in [0.15, 0.2) is 0 Å². The molecule has 1 amide bonds. The molecule has 7 heteroatoms. The van der Waals surface area contributed by atoms with Gasteiger partial charge in [0.2, 0.25) is 0 Å². The Kier molecular flexibility index (Phi) is 6.65. The van der Waals surface area contributed by atoms with E-state index in [-0.39, 0.29) is 16.8 Å². The Morgan fingerprint density at radius 1 is 0.935 bits per heavy atom. The third kappa shape index (κ3) is 5.06. The van der Waals surface area contributed by atoms with Gasteiger partial charge in [-0.1, -0.05) is 29.8 Å². The van der Waals surface area contributed by atoms with Crippen LogP contribution in [-0.4, -0.2) is 28.5 Å². The van der Waals surface area contributed by atoms with Gasteiger partial charge in [-0.2, -0.15) is 0 Å². The van der Waals surface area contributed by atoms with Gasteiger partial charge in [0.25, 0.3) is 15.9 Å². The van der Waals surface area contributed by atoms with Crippen LogP contribution < -0.4 is 14.4 Å². The summed E-state index contributed by atoms with van der Waals surface area (Å²) < 4.78 is 32.1. The molecule has 0 saturated heterocycles. The van der Waals surface area contributed by atoms with Crippen LogP contribution in [0.25, 0.3) is 0 Å². The molecular formula is C24H26N2O4S. The third-order valence-corrected chi connectivity index (χ3v) is 6.94. The molecule has 3 aromatic rings. The monoisotopic (exact) mass is 438 g/mol.